The first-order valence-electron chi connectivity index (χ1n) is 7.78. The van der Waals surface area contributed by atoms with Crippen molar-refractivity contribution in [3.8, 4) is 0 Å². The lowest BCUT2D eigenvalue weighted by Crippen LogP contribution is -2.26. The van der Waals surface area contributed by atoms with E-state index in [1.807, 2.05) is 18.4 Å². The molecule has 2 nitrogen and oxygen atoms in total. The molecule has 0 spiro atoms. The maximum absolute atomic E-state index is 3.25. The minimum Gasteiger partial charge on any atom is -0.315 e. The molecule has 0 fully saturated rings. The van der Waals surface area contributed by atoms with E-state index in [4.69, 9.17) is 0 Å². The van der Waals surface area contributed by atoms with E-state index < -0.39 is 0 Å². The Hall–Kier alpha value is -1.16. The molecule has 21 heavy (non-hydrogen) atoms. The van der Waals surface area contributed by atoms with Gasteiger partial charge in [0.1, 0.15) is 0 Å². The summed E-state index contributed by atoms with van der Waals surface area (Å²) in [5, 5.41) is 3.25. The molecule has 0 aliphatic carbocycles. The molecule has 3 rings (SSSR count). The average Bonchev–Trinajstić information content (AvgIpc) is 2.71. The number of hydrogen-bond donors (Lipinski definition) is 1. The maximum atomic E-state index is 3.25. The topological polar surface area (TPSA) is 15.3 Å². The lowest BCUT2D eigenvalue weighted by atomic mass is 10.0. The molecule has 1 aromatic heterocycles. The standard InChI is InChI=1S/C18H24N2S/c1-14-17(11-18(21-14)12-19-2)13-20-9-7-15-5-3-4-6-16(15)8-10-20/h3-6,11,19H,7-10,12-13H2,1-2H3. The fraction of sp³-hybridized carbons (Fsp3) is 0.444. The van der Waals surface area contributed by atoms with Crippen molar-refractivity contribution in [3.63, 3.8) is 0 Å². The summed E-state index contributed by atoms with van der Waals surface area (Å²) in [6.45, 7) is 6.68. The van der Waals surface area contributed by atoms with Gasteiger partial charge in [-0.05, 0) is 49.6 Å². The second-order valence-electron chi connectivity index (χ2n) is 5.87. The van der Waals surface area contributed by atoms with Crippen LogP contribution in [0, 0.1) is 6.92 Å². The quantitative estimate of drug-likeness (QED) is 0.931. The van der Waals surface area contributed by atoms with Crippen molar-refractivity contribution in [2.45, 2.75) is 32.9 Å². The molecule has 0 saturated carbocycles. The third-order valence-corrected chi connectivity index (χ3v) is 5.42. The number of thiophene rings is 1. The monoisotopic (exact) mass is 300 g/mol. The molecular formula is C18H24N2S. The Morgan fingerprint density at radius 1 is 1.14 bits per heavy atom. The zero-order valence-electron chi connectivity index (χ0n) is 13.0. The van der Waals surface area contributed by atoms with Crippen molar-refractivity contribution in [1.82, 2.24) is 10.2 Å². The van der Waals surface area contributed by atoms with Crippen LogP contribution in [0.5, 0.6) is 0 Å². The third kappa shape index (κ3) is 3.54. The van der Waals surface area contributed by atoms with Crippen LogP contribution < -0.4 is 5.32 Å². The second-order valence-corrected chi connectivity index (χ2v) is 7.21. The number of nitrogens with zero attached hydrogens (tertiary/aromatic N) is 1. The van der Waals surface area contributed by atoms with E-state index in [9.17, 15) is 0 Å². The highest BCUT2D eigenvalue weighted by Gasteiger charge is 2.15. The highest BCUT2D eigenvalue weighted by Crippen LogP contribution is 2.24. The van der Waals surface area contributed by atoms with Crippen LogP contribution in [-0.4, -0.2) is 25.0 Å². The molecule has 0 unspecified atom stereocenters. The predicted octanol–water partition coefficient (Wildman–Crippen LogP) is 3.38. The molecule has 3 heteroatoms. The third-order valence-electron chi connectivity index (χ3n) is 4.33. The molecule has 1 aromatic carbocycles. The van der Waals surface area contributed by atoms with Crippen LogP contribution in [0.25, 0.3) is 0 Å². The molecular weight excluding hydrogens is 276 g/mol. The molecule has 0 atom stereocenters. The number of rotatable bonds is 4. The van der Waals surface area contributed by atoms with Crippen LogP contribution >= 0.6 is 11.3 Å². The van der Waals surface area contributed by atoms with Gasteiger partial charge in [0.15, 0.2) is 0 Å². The number of benzene rings is 1. The van der Waals surface area contributed by atoms with Gasteiger partial charge in [-0.25, -0.2) is 0 Å². The normalized spacial score (nSPS) is 15.7. The summed E-state index contributed by atoms with van der Waals surface area (Å²) >= 11 is 1.93. The van der Waals surface area contributed by atoms with Gasteiger partial charge in [-0.3, -0.25) is 4.90 Å². The number of fused-ring (bicyclic) bond motifs is 1. The molecule has 0 bridgehead atoms. The lowest BCUT2D eigenvalue weighted by molar-refractivity contribution is 0.279. The summed E-state index contributed by atoms with van der Waals surface area (Å²) < 4.78 is 0. The highest BCUT2D eigenvalue weighted by molar-refractivity contribution is 7.12. The first-order valence-corrected chi connectivity index (χ1v) is 8.60. The Morgan fingerprint density at radius 3 is 2.43 bits per heavy atom. The Kier molecular flexibility index (Phi) is 4.73. The Bertz CT molecular complexity index is 576. The van der Waals surface area contributed by atoms with E-state index >= 15 is 0 Å². The fourth-order valence-electron chi connectivity index (χ4n) is 3.12. The maximum Gasteiger partial charge on any atom is 0.0296 e. The van der Waals surface area contributed by atoms with Crippen LogP contribution in [-0.2, 0) is 25.9 Å². The highest BCUT2D eigenvalue weighted by atomic mass is 32.1. The second kappa shape index (κ2) is 6.73. The Morgan fingerprint density at radius 2 is 1.81 bits per heavy atom. The first kappa shape index (κ1) is 14.8. The largest absolute Gasteiger partial charge is 0.315 e. The molecule has 2 aromatic rings. The van der Waals surface area contributed by atoms with Crippen molar-refractivity contribution in [2.75, 3.05) is 20.1 Å². The van der Waals surface area contributed by atoms with Gasteiger partial charge in [-0.15, -0.1) is 11.3 Å². The summed E-state index contributed by atoms with van der Waals surface area (Å²) in [6, 6.07) is 11.3. The van der Waals surface area contributed by atoms with Gasteiger partial charge in [0, 0.05) is 35.9 Å². The fourth-order valence-corrected chi connectivity index (χ4v) is 4.18. The van der Waals surface area contributed by atoms with Crippen LogP contribution in [0.4, 0.5) is 0 Å². The van der Waals surface area contributed by atoms with Crippen molar-refractivity contribution < 1.29 is 0 Å². The minimum absolute atomic E-state index is 0.983. The van der Waals surface area contributed by atoms with Gasteiger partial charge in [-0.2, -0.15) is 0 Å². The average molecular weight is 300 g/mol. The molecule has 0 amide bonds. The zero-order chi connectivity index (χ0) is 14.7. The SMILES string of the molecule is CNCc1cc(CN2CCc3ccccc3CC2)c(C)s1. The van der Waals surface area contributed by atoms with E-state index in [1.165, 1.54) is 52.4 Å². The molecule has 2 heterocycles. The predicted molar refractivity (Wildman–Crippen MR) is 90.9 cm³/mol. The first-order chi connectivity index (χ1) is 10.3. The smallest absolute Gasteiger partial charge is 0.0296 e. The van der Waals surface area contributed by atoms with E-state index in [1.54, 1.807) is 0 Å². The summed E-state index contributed by atoms with van der Waals surface area (Å²) in [6.07, 6.45) is 2.37. The van der Waals surface area contributed by atoms with Crippen molar-refractivity contribution in [2.24, 2.45) is 0 Å². The van der Waals surface area contributed by atoms with Crippen LogP contribution in [0.15, 0.2) is 30.3 Å². The van der Waals surface area contributed by atoms with Crippen molar-refractivity contribution >= 4 is 11.3 Å². The molecule has 1 aliphatic rings. The summed E-state index contributed by atoms with van der Waals surface area (Å²) in [7, 11) is 2.01. The van der Waals surface area contributed by atoms with E-state index in [0.717, 1.165) is 13.1 Å². The lowest BCUT2D eigenvalue weighted by Gasteiger charge is -2.19. The van der Waals surface area contributed by atoms with Gasteiger partial charge in [-0.1, -0.05) is 24.3 Å². The Labute approximate surface area is 131 Å². The van der Waals surface area contributed by atoms with Crippen LogP contribution in [0.3, 0.4) is 0 Å². The van der Waals surface area contributed by atoms with Gasteiger partial charge in [0.05, 0.1) is 0 Å². The summed E-state index contributed by atoms with van der Waals surface area (Å²) in [4.78, 5) is 5.53. The molecule has 1 aliphatic heterocycles. The number of aryl methyl sites for hydroxylation is 1. The molecule has 1 N–H and O–H groups in total. The number of nitrogens with one attached hydrogen (secondary N) is 1. The van der Waals surface area contributed by atoms with Gasteiger partial charge in [0.25, 0.3) is 0 Å². The molecule has 112 valence electrons. The van der Waals surface area contributed by atoms with Crippen LogP contribution in [0.2, 0.25) is 0 Å². The summed E-state index contributed by atoms with van der Waals surface area (Å²) in [5.41, 5.74) is 4.59. The number of hydrogen-bond acceptors (Lipinski definition) is 3. The molecule has 0 radical (unpaired) electrons. The van der Waals surface area contributed by atoms with E-state index in [2.05, 4.69) is 47.5 Å². The van der Waals surface area contributed by atoms with E-state index in [-0.39, 0.29) is 0 Å². The summed E-state index contributed by atoms with van der Waals surface area (Å²) in [5.74, 6) is 0. The van der Waals surface area contributed by atoms with E-state index in [0.29, 0.717) is 0 Å². The van der Waals surface area contributed by atoms with Crippen molar-refractivity contribution in [1.29, 1.82) is 0 Å². The van der Waals surface area contributed by atoms with Gasteiger partial charge in [0.2, 0.25) is 0 Å². The van der Waals surface area contributed by atoms with Gasteiger partial charge >= 0.3 is 0 Å². The van der Waals surface area contributed by atoms with Gasteiger partial charge < -0.3 is 5.32 Å². The Balaban J connectivity index is 1.67. The van der Waals surface area contributed by atoms with Crippen LogP contribution in [0.1, 0.15) is 26.4 Å². The zero-order valence-corrected chi connectivity index (χ0v) is 13.8. The molecule has 0 saturated heterocycles. The van der Waals surface area contributed by atoms with Crippen molar-refractivity contribution in [3.05, 3.63) is 56.8 Å². The minimum atomic E-state index is 0.983.